The lowest BCUT2D eigenvalue weighted by Crippen LogP contribution is -2.44. The highest BCUT2D eigenvalue weighted by atomic mass is 32.2. The van der Waals surface area contributed by atoms with Crippen LogP contribution in [0.1, 0.15) is 30.7 Å². The largest absolute Gasteiger partial charge is 0.479 e. The Kier molecular flexibility index (Phi) is 3.59. The minimum absolute atomic E-state index is 0.136. The molecule has 116 valence electrons. The fraction of sp³-hybridized carbons (Fsp3) is 0.615. The predicted molar refractivity (Wildman–Crippen MR) is 77.0 cm³/mol. The van der Waals surface area contributed by atoms with Crippen LogP contribution in [-0.2, 0) is 19.6 Å². The zero-order chi connectivity index (χ0) is 15.3. The summed E-state index contributed by atoms with van der Waals surface area (Å²) in [5, 5.41) is 11.1. The Hall–Kier alpha value is -0.960. The highest BCUT2D eigenvalue weighted by Crippen LogP contribution is 2.45. The number of thiophene rings is 1. The summed E-state index contributed by atoms with van der Waals surface area (Å²) in [5.41, 5.74) is -0.547. The molecule has 0 radical (unpaired) electrons. The van der Waals surface area contributed by atoms with E-state index in [2.05, 4.69) is 0 Å². The van der Waals surface area contributed by atoms with E-state index in [0.29, 0.717) is 10.1 Å². The number of methoxy groups -OCH3 is 1. The zero-order valence-corrected chi connectivity index (χ0v) is 13.2. The number of sulfonamides is 1. The molecule has 2 heterocycles. The maximum Gasteiger partial charge on any atom is 0.337 e. The second kappa shape index (κ2) is 5.05. The molecular formula is C13H17NO5S2. The van der Waals surface area contributed by atoms with Crippen LogP contribution in [0.15, 0.2) is 15.7 Å². The van der Waals surface area contributed by atoms with Crippen LogP contribution < -0.4 is 0 Å². The smallest absolute Gasteiger partial charge is 0.337 e. The molecule has 2 fully saturated rings. The quantitative estimate of drug-likeness (QED) is 0.884. The summed E-state index contributed by atoms with van der Waals surface area (Å²) in [6.07, 6.45) is 2.22. The standard InChI is InChI=1S/C13H17NO5S2/c1-19-13(12(15)16)5-6-14(8-13)21(17,18)11-10(4-7-20-11)9-2-3-9/h4,7,9H,2-3,5-6,8H2,1H3,(H,15,16). The highest BCUT2D eigenvalue weighted by Gasteiger charge is 2.49. The fourth-order valence-electron chi connectivity index (χ4n) is 2.71. The SMILES string of the molecule is COC1(C(=O)O)CCN(S(=O)(=O)c2sccc2C2CC2)C1. The highest BCUT2D eigenvalue weighted by molar-refractivity contribution is 7.91. The van der Waals surface area contributed by atoms with Crippen LogP contribution >= 0.6 is 11.3 Å². The number of rotatable bonds is 5. The van der Waals surface area contributed by atoms with Gasteiger partial charge in [0.2, 0.25) is 0 Å². The Bertz CT molecular complexity index is 664. The van der Waals surface area contributed by atoms with Gasteiger partial charge in [-0.05, 0) is 35.8 Å². The zero-order valence-electron chi connectivity index (χ0n) is 11.6. The van der Waals surface area contributed by atoms with E-state index in [4.69, 9.17) is 4.74 Å². The molecule has 1 aromatic heterocycles. The van der Waals surface area contributed by atoms with Crippen molar-refractivity contribution in [1.82, 2.24) is 4.31 Å². The van der Waals surface area contributed by atoms with E-state index in [1.54, 1.807) is 5.38 Å². The third kappa shape index (κ3) is 2.40. The molecule has 0 spiro atoms. The average molecular weight is 331 g/mol. The summed E-state index contributed by atoms with van der Waals surface area (Å²) in [6.45, 7) is 0.0354. The van der Waals surface area contributed by atoms with Gasteiger partial charge in [-0.1, -0.05) is 0 Å². The lowest BCUT2D eigenvalue weighted by atomic mass is 10.0. The molecule has 1 N–H and O–H groups in total. The third-order valence-electron chi connectivity index (χ3n) is 4.23. The minimum atomic E-state index is -3.64. The number of ether oxygens (including phenoxy) is 1. The minimum Gasteiger partial charge on any atom is -0.479 e. The first-order chi connectivity index (χ1) is 9.90. The summed E-state index contributed by atoms with van der Waals surface area (Å²) in [7, 11) is -2.33. The van der Waals surface area contributed by atoms with E-state index in [1.165, 1.54) is 22.8 Å². The van der Waals surface area contributed by atoms with Crippen molar-refractivity contribution in [2.45, 2.75) is 35.0 Å². The van der Waals surface area contributed by atoms with Crippen molar-refractivity contribution in [3.05, 3.63) is 17.0 Å². The Morgan fingerprint density at radius 2 is 2.24 bits per heavy atom. The van der Waals surface area contributed by atoms with Crippen molar-refractivity contribution in [3.8, 4) is 0 Å². The molecule has 0 amide bonds. The van der Waals surface area contributed by atoms with Gasteiger partial charge in [0.1, 0.15) is 4.21 Å². The van der Waals surface area contributed by atoms with Crippen LogP contribution in [0.4, 0.5) is 0 Å². The van der Waals surface area contributed by atoms with E-state index >= 15 is 0 Å². The second-order valence-electron chi connectivity index (χ2n) is 5.53. The Labute approximate surface area is 127 Å². The molecule has 1 aliphatic heterocycles. The van der Waals surface area contributed by atoms with Crippen molar-refractivity contribution in [2.75, 3.05) is 20.2 Å². The van der Waals surface area contributed by atoms with Crippen LogP contribution in [0.25, 0.3) is 0 Å². The van der Waals surface area contributed by atoms with Gasteiger partial charge >= 0.3 is 5.97 Å². The third-order valence-corrected chi connectivity index (χ3v) is 7.57. The van der Waals surface area contributed by atoms with Gasteiger partial charge in [-0.3, -0.25) is 0 Å². The van der Waals surface area contributed by atoms with Gasteiger partial charge in [0.15, 0.2) is 5.60 Å². The predicted octanol–water partition coefficient (Wildman–Crippen LogP) is 1.49. The van der Waals surface area contributed by atoms with E-state index < -0.39 is 21.6 Å². The first kappa shape index (κ1) is 15.0. The van der Waals surface area contributed by atoms with Gasteiger partial charge in [0.05, 0.1) is 6.54 Å². The summed E-state index contributed by atoms with van der Waals surface area (Å²) in [4.78, 5) is 11.4. The number of carboxylic acid groups (broad SMARTS) is 1. The van der Waals surface area contributed by atoms with Gasteiger partial charge in [-0.2, -0.15) is 4.31 Å². The first-order valence-electron chi connectivity index (χ1n) is 6.77. The average Bonchev–Trinajstić information content (AvgIpc) is 3.01. The Morgan fingerprint density at radius 3 is 2.76 bits per heavy atom. The number of aliphatic carboxylic acids is 1. The van der Waals surface area contributed by atoms with E-state index in [9.17, 15) is 18.3 Å². The molecule has 0 aromatic carbocycles. The molecule has 6 nitrogen and oxygen atoms in total. The summed E-state index contributed by atoms with van der Waals surface area (Å²) in [5.74, 6) is -0.772. The van der Waals surface area contributed by atoms with Crippen LogP contribution in [0.5, 0.6) is 0 Å². The monoisotopic (exact) mass is 331 g/mol. The topological polar surface area (TPSA) is 83.9 Å². The molecule has 1 aromatic rings. The number of hydrogen-bond donors (Lipinski definition) is 1. The molecule has 0 bridgehead atoms. The molecule has 1 atom stereocenters. The molecule has 1 saturated heterocycles. The first-order valence-corrected chi connectivity index (χ1v) is 9.09. The van der Waals surface area contributed by atoms with Crippen LogP contribution in [-0.4, -0.2) is 49.6 Å². The van der Waals surface area contributed by atoms with Gasteiger partial charge in [0.25, 0.3) is 10.0 Å². The normalized spacial score (nSPS) is 27.1. The van der Waals surface area contributed by atoms with Gasteiger partial charge in [-0.15, -0.1) is 11.3 Å². The maximum absolute atomic E-state index is 12.8. The lowest BCUT2D eigenvalue weighted by Gasteiger charge is -2.23. The van der Waals surface area contributed by atoms with Crippen molar-refractivity contribution in [3.63, 3.8) is 0 Å². The van der Waals surface area contributed by atoms with E-state index in [-0.39, 0.29) is 19.5 Å². The van der Waals surface area contributed by atoms with E-state index in [0.717, 1.165) is 18.4 Å². The molecule has 21 heavy (non-hydrogen) atoms. The fourth-order valence-corrected chi connectivity index (χ4v) is 5.87. The van der Waals surface area contributed by atoms with Crippen LogP contribution in [0.3, 0.4) is 0 Å². The maximum atomic E-state index is 12.8. The van der Waals surface area contributed by atoms with Crippen molar-refractivity contribution >= 4 is 27.3 Å². The second-order valence-corrected chi connectivity index (χ2v) is 8.58. The van der Waals surface area contributed by atoms with Gasteiger partial charge in [-0.25, -0.2) is 13.2 Å². The molecule has 1 saturated carbocycles. The molecule has 1 unspecified atom stereocenters. The number of nitrogens with zero attached hydrogens (tertiary/aromatic N) is 1. The summed E-state index contributed by atoms with van der Waals surface area (Å²) < 4.78 is 32.2. The number of hydrogen-bond acceptors (Lipinski definition) is 5. The van der Waals surface area contributed by atoms with Crippen LogP contribution in [0, 0.1) is 0 Å². The van der Waals surface area contributed by atoms with Crippen LogP contribution in [0.2, 0.25) is 0 Å². The molecular weight excluding hydrogens is 314 g/mol. The Balaban J connectivity index is 1.90. The molecule has 2 aliphatic rings. The van der Waals surface area contributed by atoms with Crippen molar-refractivity contribution in [1.29, 1.82) is 0 Å². The van der Waals surface area contributed by atoms with Gasteiger partial charge < -0.3 is 9.84 Å². The van der Waals surface area contributed by atoms with Gasteiger partial charge in [0, 0.05) is 20.1 Å². The molecule has 1 aliphatic carbocycles. The van der Waals surface area contributed by atoms with Crippen molar-refractivity contribution in [2.24, 2.45) is 0 Å². The molecule has 3 rings (SSSR count). The van der Waals surface area contributed by atoms with Crippen molar-refractivity contribution < 1.29 is 23.1 Å². The van der Waals surface area contributed by atoms with E-state index in [1.807, 2.05) is 6.07 Å². The summed E-state index contributed by atoms with van der Waals surface area (Å²) >= 11 is 1.21. The number of carbonyl (C=O) groups is 1. The Morgan fingerprint density at radius 1 is 1.52 bits per heavy atom. The number of carboxylic acids is 1. The molecule has 8 heteroatoms. The summed E-state index contributed by atoms with van der Waals surface area (Å²) in [6, 6.07) is 1.87. The lowest BCUT2D eigenvalue weighted by molar-refractivity contribution is -0.160.